The monoisotopic (exact) mass is 306 g/mol. The van der Waals surface area contributed by atoms with Gasteiger partial charge in [0.25, 0.3) is 0 Å². The van der Waals surface area contributed by atoms with E-state index < -0.39 is 0 Å². The van der Waals surface area contributed by atoms with Crippen LogP contribution in [-0.2, 0) is 0 Å². The second kappa shape index (κ2) is 6.80. The maximum atomic E-state index is 11.3. The molecule has 0 saturated carbocycles. The molecule has 2 aliphatic rings. The first-order valence-electron chi connectivity index (χ1n) is 7.99. The van der Waals surface area contributed by atoms with Crippen molar-refractivity contribution in [2.45, 2.75) is 25.7 Å². The summed E-state index contributed by atoms with van der Waals surface area (Å²) in [7, 11) is 0. The zero-order chi connectivity index (χ0) is 14.7. The summed E-state index contributed by atoms with van der Waals surface area (Å²) in [4.78, 5) is 16.2. The lowest BCUT2D eigenvalue weighted by atomic mass is 9.95. The molecule has 2 fully saturated rings. The van der Waals surface area contributed by atoms with E-state index in [1.165, 1.54) is 45.3 Å². The molecule has 21 heavy (non-hydrogen) atoms. The molecule has 0 unspecified atom stereocenters. The molecule has 114 valence electrons. The van der Waals surface area contributed by atoms with Gasteiger partial charge in [0, 0.05) is 25.3 Å². The second-order valence-corrected chi connectivity index (χ2v) is 6.64. The zero-order valence-electron chi connectivity index (χ0n) is 12.4. The van der Waals surface area contributed by atoms with Crippen molar-refractivity contribution >= 4 is 23.6 Å². The quantitative estimate of drug-likeness (QED) is 0.796. The first kappa shape index (κ1) is 14.9. The molecule has 0 aromatic heterocycles. The summed E-state index contributed by atoms with van der Waals surface area (Å²) in [6.45, 7) is 5.87. The Labute approximate surface area is 131 Å². The van der Waals surface area contributed by atoms with Crippen molar-refractivity contribution in [2.75, 3.05) is 37.6 Å². The number of benzene rings is 1. The van der Waals surface area contributed by atoms with Crippen LogP contribution in [0.3, 0.4) is 0 Å². The fourth-order valence-electron chi connectivity index (χ4n) is 3.60. The zero-order valence-corrected chi connectivity index (χ0v) is 13.2. The lowest BCUT2D eigenvalue weighted by molar-refractivity contribution is 0.112. The number of aldehydes is 1. The first-order chi connectivity index (χ1) is 10.3. The number of halogens is 1. The Morgan fingerprint density at radius 1 is 1.14 bits per heavy atom. The molecule has 1 aromatic carbocycles. The van der Waals surface area contributed by atoms with Gasteiger partial charge in [0.1, 0.15) is 0 Å². The van der Waals surface area contributed by atoms with Gasteiger partial charge in [-0.1, -0.05) is 17.7 Å². The van der Waals surface area contributed by atoms with Crippen molar-refractivity contribution in [1.82, 2.24) is 4.90 Å². The molecule has 0 N–H and O–H groups in total. The van der Waals surface area contributed by atoms with Gasteiger partial charge in [-0.3, -0.25) is 4.79 Å². The number of hydrogen-bond donors (Lipinski definition) is 0. The Balaban J connectivity index is 1.60. The van der Waals surface area contributed by atoms with Crippen molar-refractivity contribution in [3.8, 4) is 0 Å². The minimum Gasteiger partial charge on any atom is -0.371 e. The number of carbonyl (C=O) groups excluding carboxylic acids is 1. The first-order valence-corrected chi connectivity index (χ1v) is 8.36. The average molecular weight is 307 g/mol. The van der Waals surface area contributed by atoms with Gasteiger partial charge in [-0.25, -0.2) is 0 Å². The predicted octanol–water partition coefficient (Wildman–Crippen LogP) is 3.46. The van der Waals surface area contributed by atoms with Crippen LogP contribution in [0, 0.1) is 5.92 Å². The number of nitrogens with zero attached hydrogens (tertiary/aromatic N) is 2. The summed E-state index contributed by atoms with van der Waals surface area (Å²) in [5.74, 6) is 0.804. The SMILES string of the molecule is O=Cc1c(Cl)cccc1N1CCC(CN2CCCC2)CC1. The normalized spacial score (nSPS) is 20.9. The summed E-state index contributed by atoms with van der Waals surface area (Å²) in [6.07, 6.45) is 6.03. The van der Waals surface area contributed by atoms with E-state index in [-0.39, 0.29) is 0 Å². The number of hydrogen-bond acceptors (Lipinski definition) is 3. The summed E-state index contributed by atoms with van der Waals surface area (Å²) in [5.41, 5.74) is 1.63. The van der Waals surface area contributed by atoms with E-state index >= 15 is 0 Å². The molecule has 3 rings (SSSR count). The van der Waals surface area contributed by atoms with Crippen LogP contribution >= 0.6 is 11.6 Å². The Kier molecular flexibility index (Phi) is 4.81. The third-order valence-corrected chi connectivity index (χ3v) is 5.15. The van der Waals surface area contributed by atoms with Crippen molar-refractivity contribution in [2.24, 2.45) is 5.92 Å². The Hall–Kier alpha value is -1.06. The number of likely N-dealkylation sites (tertiary alicyclic amines) is 1. The second-order valence-electron chi connectivity index (χ2n) is 6.23. The fraction of sp³-hybridized carbons (Fsp3) is 0.588. The Morgan fingerprint density at radius 2 is 1.86 bits per heavy atom. The van der Waals surface area contributed by atoms with Gasteiger partial charge in [0.05, 0.1) is 10.6 Å². The van der Waals surface area contributed by atoms with Gasteiger partial charge in [-0.15, -0.1) is 0 Å². The van der Waals surface area contributed by atoms with Gasteiger partial charge in [-0.05, 0) is 56.8 Å². The van der Waals surface area contributed by atoms with E-state index in [2.05, 4.69) is 9.80 Å². The highest BCUT2D eigenvalue weighted by molar-refractivity contribution is 6.33. The number of rotatable bonds is 4. The van der Waals surface area contributed by atoms with Crippen LogP contribution in [0.5, 0.6) is 0 Å². The fourth-order valence-corrected chi connectivity index (χ4v) is 3.82. The molecule has 4 heteroatoms. The van der Waals surface area contributed by atoms with E-state index in [1.807, 2.05) is 12.1 Å². The third kappa shape index (κ3) is 3.41. The van der Waals surface area contributed by atoms with Crippen LogP contribution in [-0.4, -0.2) is 43.9 Å². The van der Waals surface area contributed by atoms with Gasteiger partial charge < -0.3 is 9.80 Å². The minimum atomic E-state index is 0.557. The summed E-state index contributed by atoms with van der Waals surface area (Å²) in [6, 6.07) is 5.73. The molecule has 0 spiro atoms. The maximum Gasteiger partial charge on any atom is 0.153 e. The highest BCUT2D eigenvalue weighted by Crippen LogP contribution is 2.30. The molecule has 0 aliphatic carbocycles. The highest BCUT2D eigenvalue weighted by atomic mass is 35.5. The van der Waals surface area contributed by atoms with Crippen LogP contribution in [0.15, 0.2) is 18.2 Å². The molecule has 1 aromatic rings. The Bertz CT molecular complexity index is 492. The van der Waals surface area contributed by atoms with E-state index in [1.54, 1.807) is 6.07 Å². The molecule has 2 heterocycles. The standard InChI is InChI=1S/C17H23ClN2O/c18-16-4-3-5-17(15(16)13-21)20-10-6-14(7-11-20)12-19-8-1-2-9-19/h3-5,13-14H,1-2,6-12H2. The van der Waals surface area contributed by atoms with Gasteiger partial charge in [0.15, 0.2) is 6.29 Å². The predicted molar refractivity (Wildman–Crippen MR) is 87.5 cm³/mol. The number of carbonyl (C=O) groups is 1. The lowest BCUT2D eigenvalue weighted by Crippen LogP contribution is -2.38. The third-order valence-electron chi connectivity index (χ3n) is 4.82. The van der Waals surface area contributed by atoms with Crippen molar-refractivity contribution in [3.05, 3.63) is 28.8 Å². The molecule has 0 amide bonds. The molecule has 3 nitrogen and oxygen atoms in total. The number of anilines is 1. The summed E-state index contributed by atoms with van der Waals surface area (Å²) >= 11 is 6.13. The molecule has 2 aliphatic heterocycles. The van der Waals surface area contributed by atoms with Crippen LogP contribution < -0.4 is 4.90 Å². The van der Waals surface area contributed by atoms with Gasteiger partial charge in [-0.2, -0.15) is 0 Å². The summed E-state index contributed by atoms with van der Waals surface area (Å²) < 4.78 is 0. The summed E-state index contributed by atoms with van der Waals surface area (Å²) in [5, 5.41) is 0.557. The van der Waals surface area contributed by atoms with Crippen molar-refractivity contribution in [3.63, 3.8) is 0 Å². The largest absolute Gasteiger partial charge is 0.371 e. The minimum absolute atomic E-state index is 0.557. The number of piperidine rings is 1. The average Bonchev–Trinajstić information content (AvgIpc) is 3.01. The highest BCUT2D eigenvalue weighted by Gasteiger charge is 2.24. The Morgan fingerprint density at radius 3 is 2.52 bits per heavy atom. The van der Waals surface area contributed by atoms with Crippen LogP contribution in [0.2, 0.25) is 5.02 Å². The molecular formula is C17H23ClN2O. The topological polar surface area (TPSA) is 23.6 Å². The lowest BCUT2D eigenvalue weighted by Gasteiger charge is -2.35. The van der Waals surface area contributed by atoms with Gasteiger partial charge >= 0.3 is 0 Å². The molecule has 0 bridgehead atoms. The van der Waals surface area contributed by atoms with E-state index in [0.29, 0.717) is 10.6 Å². The molecule has 2 saturated heterocycles. The van der Waals surface area contributed by atoms with E-state index in [0.717, 1.165) is 31.0 Å². The van der Waals surface area contributed by atoms with Crippen LogP contribution in [0.4, 0.5) is 5.69 Å². The van der Waals surface area contributed by atoms with E-state index in [9.17, 15) is 4.79 Å². The van der Waals surface area contributed by atoms with Crippen molar-refractivity contribution < 1.29 is 4.79 Å². The maximum absolute atomic E-state index is 11.3. The van der Waals surface area contributed by atoms with Crippen molar-refractivity contribution in [1.29, 1.82) is 0 Å². The molecule has 0 atom stereocenters. The smallest absolute Gasteiger partial charge is 0.153 e. The van der Waals surface area contributed by atoms with Crippen LogP contribution in [0.1, 0.15) is 36.0 Å². The van der Waals surface area contributed by atoms with E-state index in [4.69, 9.17) is 11.6 Å². The van der Waals surface area contributed by atoms with Crippen LogP contribution in [0.25, 0.3) is 0 Å². The molecule has 0 radical (unpaired) electrons. The van der Waals surface area contributed by atoms with Gasteiger partial charge in [0.2, 0.25) is 0 Å². The molecular weight excluding hydrogens is 284 g/mol.